The number of hydrogen-bond donors (Lipinski definition) is 3. The number of rotatable bonds is 4. The Hall–Kier alpha value is -1.63. The van der Waals surface area contributed by atoms with Crippen LogP contribution in [0, 0.1) is 5.92 Å². The fourth-order valence-corrected chi connectivity index (χ4v) is 2.55. The second-order valence-electron chi connectivity index (χ2n) is 5.82. The van der Waals surface area contributed by atoms with Crippen molar-refractivity contribution in [3.05, 3.63) is 0 Å². The molecule has 0 unspecified atom stereocenters. The third kappa shape index (κ3) is 3.47. The predicted molar refractivity (Wildman–Crippen MR) is 70.7 cm³/mol. The Morgan fingerprint density at radius 3 is 2.65 bits per heavy atom. The molecule has 1 saturated carbocycles. The second-order valence-corrected chi connectivity index (χ2v) is 5.82. The van der Waals surface area contributed by atoms with Gasteiger partial charge in [0.05, 0.1) is 12.1 Å². The lowest BCUT2D eigenvalue weighted by Crippen LogP contribution is -2.48. The van der Waals surface area contributed by atoms with Crippen LogP contribution in [0.4, 0.5) is 4.79 Å². The summed E-state index contributed by atoms with van der Waals surface area (Å²) in [5.41, 5.74) is -0.862. The molecular formula is C13H21N3O4. The van der Waals surface area contributed by atoms with Gasteiger partial charge in [-0.2, -0.15) is 0 Å². The molecule has 7 heteroatoms. The summed E-state index contributed by atoms with van der Waals surface area (Å²) in [5.74, 6) is -0.227. The molecule has 1 aliphatic carbocycles. The zero-order chi connectivity index (χ0) is 14.8. The summed E-state index contributed by atoms with van der Waals surface area (Å²) in [5, 5.41) is 15.3. The largest absolute Gasteiger partial charge is 0.388 e. The number of imide groups is 1. The molecule has 3 N–H and O–H groups in total. The quantitative estimate of drug-likeness (QED) is 0.611. The standard InChI is InChI=1S/C13H21N3O4/c1-9-2-4-13(20,5-3-9)8-15-10(17)7-16-11(18)6-14-12(16)19/h9,20H,2-8H2,1H3,(H,14,19)(H,15,17). The smallest absolute Gasteiger partial charge is 0.325 e. The van der Waals surface area contributed by atoms with E-state index in [0.717, 1.165) is 17.7 Å². The normalized spacial score (nSPS) is 30.3. The van der Waals surface area contributed by atoms with Crippen LogP contribution in [0.3, 0.4) is 0 Å². The SMILES string of the molecule is CC1CCC(O)(CNC(=O)CN2C(=O)CNC2=O)CC1. The Kier molecular flexibility index (Phi) is 4.27. The maximum atomic E-state index is 11.7. The Morgan fingerprint density at radius 2 is 2.10 bits per heavy atom. The van der Waals surface area contributed by atoms with Crippen molar-refractivity contribution in [2.75, 3.05) is 19.6 Å². The van der Waals surface area contributed by atoms with Gasteiger partial charge in [0, 0.05) is 6.54 Å². The number of nitrogens with zero attached hydrogens (tertiary/aromatic N) is 1. The average molecular weight is 283 g/mol. The van der Waals surface area contributed by atoms with Crippen LogP contribution >= 0.6 is 0 Å². The first-order valence-corrected chi connectivity index (χ1v) is 6.97. The number of hydrogen-bond acceptors (Lipinski definition) is 4. The Bertz CT molecular complexity index is 400. The van der Waals surface area contributed by atoms with Crippen molar-refractivity contribution in [2.45, 2.75) is 38.2 Å². The number of urea groups is 1. The third-order valence-corrected chi connectivity index (χ3v) is 4.06. The summed E-state index contributed by atoms with van der Waals surface area (Å²) in [4.78, 5) is 35.2. The number of nitrogens with one attached hydrogen (secondary N) is 2. The highest BCUT2D eigenvalue weighted by Crippen LogP contribution is 2.31. The molecule has 2 fully saturated rings. The van der Waals surface area contributed by atoms with Crippen LogP contribution in [0.5, 0.6) is 0 Å². The number of aliphatic hydroxyl groups is 1. The van der Waals surface area contributed by atoms with Gasteiger partial charge in [0.2, 0.25) is 5.91 Å². The molecule has 112 valence electrons. The van der Waals surface area contributed by atoms with Crippen LogP contribution in [-0.4, -0.2) is 53.1 Å². The summed E-state index contributed by atoms with van der Waals surface area (Å²) in [6.07, 6.45) is 3.22. The maximum Gasteiger partial charge on any atom is 0.325 e. The van der Waals surface area contributed by atoms with E-state index in [1.54, 1.807) is 0 Å². The molecule has 4 amide bonds. The van der Waals surface area contributed by atoms with Gasteiger partial charge in [-0.1, -0.05) is 6.92 Å². The first-order chi connectivity index (χ1) is 9.39. The van der Waals surface area contributed by atoms with Gasteiger partial charge < -0.3 is 15.7 Å². The summed E-state index contributed by atoms with van der Waals surface area (Å²) < 4.78 is 0. The molecule has 0 atom stereocenters. The first kappa shape index (κ1) is 14.8. The van der Waals surface area contributed by atoms with E-state index in [4.69, 9.17) is 0 Å². The maximum absolute atomic E-state index is 11.7. The predicted octanol–water partition coefficient (Wildman–Crippen LogP) is -0.404. The van der Waals surface area contributed by atoms with Crippen molar-refractivity contribution in [3.8, 4) is 0 Å². The molecule has 2 rings (SSSR count). The van der Waals surface area contributed by atoms with Crippen molar-refractivity contribution in [1.82, 2.24) is 15.5 Å². The zero-order valence-corrected chi connectivity index (χ0v) is 11.6. The molecule has 1 saturated heterocycles. The monoisotopic (exact) mass is 283 g/mol. The van der Waals surface area contributed by atoms with E-state index in [9.17, 15) is 19.5 Å². The molecule has 7 nitrogen and oxygen atoms in total. The molecule has 0 radical (unpaired) electrons. The second kappa shape index (κ2) is 5.78. The minimum atomic E-state index is -0.862. The van der Waals surface area contributed by atoms with Crippen LogP contribution < -0.4 is 10.6 Å². The Balaban J connectivity index is 1.77. The molecule has 0 spiro atoms. The summed E-state index contributed by atoms with van der Waals surface area (Å²) >= 11 is 0. The van der Waals surface area contributed by atoms with E-state index in [-0.39, 0.29) is 19.6 Å². The molecule has 0 aromatic heterocycles. The van der Waals surface area contributed by atoms with Crippen LogP contribution in [0.25, 0.3) is 0 Å². The van der Waals surface area contributed by atoms with Crippen LogP contribution in [-0.2, 0) is 9.59 Å². The van der Waals surface area contributed by atoms with Crippen molar-refractivity contribution in [3.63, 3.8) is 0 Å². The summed E-state index contributed by atoms with van der Waals surface area (Å²) in [6, 6.07) is -0.546. The molecule has 1 heterocycles. The van der Waals surface area contributed by atoms with Gasteiger partial charge in [0.1, 0.15) is 6.54 Å². The van der Waals surface area contributed by atoms with Crippen molar-refractivity contribution >= 4 is 17.8 Å². The van der Waals surface area contributed by atoms with Crippen molar-refractivity contribution < 1.29 is 19.5 Å². The average Bonchev–Trinajstić information content (AvgIpc) is 2.72. The molecule has 0 aromatic rings. The fourth-order valence-electron chi connectivity index (χ4n) is 2.55. The van der Waals surface area contributed by atoms with Crippen LogP contribution in [0.2, 0.25) is 0 Å². The highest BCUT2D eigenvalue weighted by atomic mass is 16.3. The van der Waals surface area contributed by atoms with Crippen LogP contribution in [0.1, 0.15) is 32.6 Å². The van der Waals surface area contributed by atoms with E-state index < -0.39 is 23.4 Å². The van der Waals surface area contributed by atoms with Crippen LogP contribution in [0.15, 0.2) is 0 Å². The van der Waals surface area contributed by atoms with Gasteiger partial charge in [0.15, 0.2) is 0 Å². The molecule has 0 bridgehead atoms. The molecular weight excluding hydrogens is 262 g/mol. The Labute approximate surface area is 117 Å². The van der Waals surface area contributed by atoms with Crippen molar-refractivity contribution in [1.29, 1.82) is 0 Å². The van der Waals surface area contributed by atoms with E-state index in [2.05, 4.69) is 17.6 Å². The lowest BCUT2D eigenvalue weighted by atomic mass is 9.79. The van der Waals surface area contributed by atoms with Gasteiger partial charge >= 0.3 is 6.03 Å². The van der Waals surface area contributed by atoms with E-state index in [0.29, 0.717) is 18.8 Å². The van der Waals surface area contributed by atoms with Gasteiger partial charge in [-0.25, -0.2) is 4.79 Å². The summed E-state index contributed by atoms with van der Waals surface area (Å²) in [7, 11) is 0. The number of carbonyl (C=O) groups is 3. The highest BCUT2D eigenvalue weighted by molar-refractivity contribution is 6.04. The minimum Gasteiger partial charge on any atom is -0.388 e. The molecule has 1 aliphatic heterocycles. The van der Waals surface area contributed by atoms with Gasteiger partial charge in [-0.15, -0.1) is 0 Å². The summed E-state index contributed by atoms with van der Waals surface area (Å²) in [6.45, 7) is 1.96. The third-order valence-electron chi connectivity index (χ3n) is 4.06. The zero-order valence-electron chi connectivity index (χ0n) is 11.6. The number of amides is 4. The van der Waals surface area contributed by atoms with E-state index >= 15 is 0 Å². The van der Waals surface area contributed by atoms with Gasteiger partial charge in [-0.3, -0.25) is 14.5 Å². The molecule has 2 aliphatic rings. The minimum absolute atomic E-state index is 0.0616. The highest BCUT2D eigenvalue weighted by Gasteiger charge is 2.33. The molecule has 0 aromatic carbocycles. The van der Waals surface area contributed by atoms with Gasteiger partial charge in [-0.05, 0) is 31.6 Å². The lowest BCUT2D eigenvalue weighted by Gasteiger charge is -2.35. The Morgan fingerprint density at radius 1 is 1.45 bits per heavy atom. The van der Waals surface area contributed by atoms with E-state index in [1.165, 1.54) is 0 Å². The number of carbonyl (C=O) groups excluding carboxylic acids is 3. The van der Waals surface area contributed by atoms with E-state index in [1.807, 2.05) is 0 Å². The van der Waals surface area contributed by atoms with Crippen molar-refractivity contribution in [2.24, 2.45) is 5.92 Å². The molecule has 20 heavy (non-hydrogen) atoms. The topological polar surface area (TPSA) is 98.7 Å². The first-order valence-electron chi connectivity index (χ1n) is 6.97. The van der Waals surface area contributed by atoms with Gasteiger partial charge in [0.25, 0.3) is 5.91 Å². The lowest BCUT2D eigenvalue weighted by molar-refractivity contribution is -0.131. The fraction of sp³-hybridized carbons (Fsp3) is 0.769.